The maximum atomic E-state index is 12.3. The zero-order chi connectivity index (χ0) is 58.2. The minimum atomic E-state index is -4.32. The minimum absolute atomic E-state index is 0. The molecule has 0 unspecified atom stereocenters. The molecule has 0 saturated heterocycles. The van der Waals surface area contributed by atoms with Gasteiger partial charge in [0, 0.05) is 66.9 Å². The highest BCUT2D eigenvalue weighted by molar-refractivity contribution is 8.13. The zero-order valence-electron chi connectivity index (χ0n) is 38.7. The SMILES string of the molecule is C.CN(C)C=O.NC(=O)CN(CC(N)=O)S(=O)(=O)c1cccc(N)c1.NC(=O)CN(CC(N)=O)S(=O)(=O)c1cccc([N+](=O)[O-])c1.NC(=O)CNS(=O)(=O)c1cccc([N+](=O)[O-])c1.O=[N+]([O-])c1cccc(S(=O)(=O)Cl)c1. The number of nitrogens with two attached hydrogens (primary N) is 6. The summed E-state index contributed by atoms with van der Waals surface area (Å²) in [5, 5.41) is 31.4. The maximum Gasteiger partial charge on any atom is 0.270 e. The first-order chi connectivity index (χ1) is 34.4. The van der Waals surface area contributed by atoms with Crippen LogP contribution < -0.4 is 39.1 Å². The number of carbonyl (C=O) groups excluding carboxylic acids is 6. The van der Waals surface area contributed by atoms with E-state index in [9.17, 15) is 92.8 Å². The number of rotatable bonds is 21. The van der Waals surface area contributed by atoms with Crippen LogP contribution in [-0.4, -0.2) is 145 Å². The average Bonchev–Trinajstić information content (AvgIpc) is 3.30. The van der Waals surface area contributed by atoms with Crippen molar-refractivity contribution in [1.29, 1.82) is 0 Å². The summed E-state index contributed by atoms with van der Waals surface area (Å²) in [6.07, 6.45) is 0.750. The molecule has 6 amide bonds. The number of hydrogen-bond donors (Lipinski definition) is 7. The quantitative estimate of drug-likeness (QED) is 0.0156. The number of nitro benzene ring substituents is 3. The van der Waals surface area contributed by atoms with Crippen LogP contribution in [0.15, 0.2) is 117 Å². The number of nitro groups is 3. The number of anilines is 1. The number of sulfonamides is 3. The first-order valence-electron chi connectivity index (χ1n) is 19.5. The maximum absolute atomic E-state index is 12.3. The highest BCUT2D eigenvalue weighted by atomic mass is 35.7. The number of benzene rings is 4. The molecule has 0 aliphatic carbocycles. The molecule has 76 heavy (non-hydrogen) atoms. The van der Waals surface area contributed by atoms with Crippen molar-refractivity contribution in [2.24, 2.45) is 28.7 Å². The van der Waals surface area contributed by atoms with E-state index in [0.717, 1.165) is 48.9 Å². The molecule has 4 aromatic rings. The highest BCUT2D eigenvalue weighted by Crippen LogP contribution is 2.22. The lowest BCUT2D eigenvalue weighted by atomic mass is 10.3. The van der Waals surface area contributed by atoms with Crippen molar-refractivity contribution < 1.29 is 77.2 Å². The van der Waals surface area contributed by atoms with Crippen LogP contribution >= 0.6 is 10.7 Å². The van der Waals surface area contributed by atoms with Crippen molar-refractivity contribution in [1.82, 2.24) is 18.2 Å². The monoisotopic (exact) mass is 1170 g/mol. The van der Waals surface area contributed by atoms with Gasteiger partial charge in [0.15, 0.2) is 0 Å². The Morgan fingerprint density at radius 1 is 0.539 bits per heavy atom. The molecule has 0 heterocycles. The lowest BCUT2D eigenvalue weighted by molar-refractivity contribution is -0.385. The molecule has 0 aliphatic heterocycles. The third-order valence-electron chi connectivity index (χ3n) is 7.79. The largest absolute Gasteiger partial charge is 0.399 e. The molecule has 0 saturated carbocycles. The van der Waals surface area contributed by atoms with Crippen molar-refractivity contribution >= 4 is 108 Å². The first-order valence-corrected chi connectivity index (χ1v) is 26.1. The van der Waals surface area contributed by atoms with Gasteiger partial charge in [-0.15, -0.1) is 0 Å². The smallest absolute Gasteiger partial charge is 0.270 e. The molecular formula is C38H50ClN13O20S4. The summed E-state index contributed by atoms with van der Waals surface area (Å²) in [7, 11) is -7.88. The molecule has 0 bridgehead atoms. The lowest BCUT2D eigenvalue weighted by Gasteiger charge is -2.19. The molecule has 0 radical (unpaired) electrons. The molecule has 33 nitrogen and oxygen atoms in total. The van der Waals surface area contributed by atoms with Crippen LogP contribution in [0.2, 0.25) is 0 Å². The molecule has 4 aromatic carbocycles. The molecule has 0 atom stereocenters. The topological polar surface area (TPSA) is 546 Å². The van der Waals surface area contributed by atoms with Crippen molar-refractivity contribution in [3.8, 4) is 0 Å². The van der Waals surface area contributed by atoms with E-state index in [0.29, 0.717) is 8.61 Å². The number of nitrogen functional groups attached to an aromatic ring is 1. The average molecular weight is 1170 g/mol. The third kappa shape index (κ3) is 25.6. The van der Waals surface area contributed by atoms with Gasteiger partial charge in [0.25, 0.3) is 26.1 Å². The second kappa shape index (κ2) is 31.4. The Morgan fingerprint density at radius 3 is 1.12 bits per heavy atom. The molecule has 0 aliphatic rings. The summed E-state index contributed by atoms with van der Waals surface area (Å²) in [4.78, 5) is 92.9. The molecule has 418 valence electrons. The number of non-ortho nitro benzene ring substituents is 3. The van der Waals surface area contributed by atoms with Crippen molar-refractivity contribution in [2.75, 3.05) is 52.6 Å². The second-order valence-electron chi connectivity index (χ2n) is 14.0. The van der Waals surface area contributed by atoms with E-state index in [1.54, 1.807) is 14.1 Å². The number of carbonyl (C=O) groups is 6. The second-order valence-corrected chi connectivity index (χ2v) is 22.3. The van der Waals surface area contributed by atoms with Gasteiger partial charge in [0.1, 0.15) is 0 Å². The van der Waals surface area contributed by atoms with Gasteiger partial charge in [0.2, 0.25) is 66.0 Å². The van der Waals surface area contributed by atoms with Crippen LogP contribution in [0.1, 0.15) is 7.43 Å². The van der Waals surface area contributed by atoms with E-state index < -0.39 is 127 Å². The Hall–Kier alpha value is -8.33. The molecular weight excluding hydrogens is 1120 g/mol. The van der Waals surface area contributed by atoms with Crippen LogP contribution in [0.5, 0.6) is 0 Å². The van der Waals surface area contributed by atoms with Gasteiger partial charge < -0.3 is 39.3 Å². The molecule has 13 N–H and O–H groups in total. The Balaban J connectivity index is 0. The number of nitrogens with zero attached hydrogens (tertiary/aromatic N) is 6. The summed E-state index contributed by atoms with van der Waals surface area (Å²) in [6.45, 7) is -3.38. The van der Waals surface area contributed by atoms with Crippen LogP contribution in [0.4, 0.5) is 22.7 Å². The van der Waals surface area contributed by atoms with Gasteiger partial charge in [-0.1, -0.05) is 31.7 Å². The fourth-order valence-corrected chi connectivity index (χ4v) is 9.30. The van der Waals surface area contributed by atoms with E-state index in [2.05, 4.69) is 0 Å². The Bertz CT molecular complexity index is 3190. The fourth-order valence-electron chi connectivity index (χ4n) is 4.64. The summed E-state index contributed by atoms with van der Waals surface area (Å²) < 4.78 is 96.6. The summed E-state index contributed by atoms with van der Waals surface area (Å²) in [5.74, 6) is -4.63. The molecule has 0 spiro atoms. The minimum Gasteiger partial charge on any atom is -0.399 e. The predicted molar refractivity (Wildman–Crippen MR) is 268 cm³/mol. The highest BCUT2D eigenvalue weighted by Gasteiger charge is 2.29. The van der Waals surface area contributed by atoms with E-state index in [1.807, 2.05) is 4.72 Å². The number of hydrogen-bond acceptors (Lipinski definition) is 21. The fraction of sp³-hybridized carbons (Fsp3) is 0.211. The Labute approximate surface area is 437 Å². The normalized spacial score (nSPS) is 10.8. The van der Waals surface area contributed by atoms with Gasteiger partial charge in [-0.3, -0.25) is 59.1 Å². The molecule has 38 heteroatoms. The van der Waals surface area contributed by atoms with Gasteiger partial charge >= 0.3 is 0 Å². The van der Waals surface area contributed by atoms with Crippen molar-refractivity contribution in [3.05, 3.63) is 127 Å². The van der Waals surface area contributed by atoms with E-state index in [-0.39, 0.29) is 39.2 Å². The third-order valence-corrected chi connectivity index (χ3v) is 14.1. The number of nitrogens with one attached hydrogen (secondary N) is 1. The van der Waals surface area contributed by atoms with Crippen molar-refractivity contribution in [2.45, 2.75) is 27.0 Å². The molecule has 0 aromatic heterocycles. The van der Waals surface area contributed by atoms with Crippen molar-refractivity contribution in [3.63, 3.8) is 0 Å². The predicted octanol–water partition coefficient (Wildman–Crippen LogP) is -1.99. The van der Waals surface area contributed by atoms with Crippen LogP contribution in [0, 0.1) is 30.3 Å². The molecule has 0 fully saturated rings. The van der Waals surface area contributed by atoms with Gasteiger partial charge in [-0.2, -0.15) is 8.61 Å². The van der Waals surface area contributed by atoms with Gasteiger partial charge in [-0.25, -0.2) is 38.4 Å². The summed E-state index contributed by atoms with van der Waals surface area (Å²) in [5.41, 5.74) is 29.1. The van der Waals surface area contributed by atoms with Gasteiger partial charge in [-0.05, 0) is 36.4 Å². The Morgan fingerprint density at radius 2 is 0.829 bits per heavy atom. The number of amides is 6. The van der Waals surface area contributed by atoms with Gasteiger partial charge in [0.05, 0.1) is 67.1 Å². The summed E-state index contributed by atoms with van der Waals surface area (Å²) >= 11 is 0. The van der Waals surface area contributed by atoms with Crippen LogP contribution in [-0.2, 0) is 67.9 Å². The standard InChI is InChI=1S/C10H12N4O6S.C10H14N4O4S.C8H9N3O5S.C6H4ClNO4S.C3H7NO.CH4/c11-9(15)5-13(6-10(12)16)21(19,20)8-3-1-2-7(4-8)14(17)18;11-7-2-1-3-8(4-7)19(17,18)14(5-9(12)15)6-10(13)16;9-8(12)5-10-17(15,16)7-3-1-2-6(4-7)11(13)14;7-13(11,12)6-3-1-2-5(4-6)8(9)10;1-4(2)3-5;/h1-4H,5-6H2,(H2,11,15)(H2,12,16);1-4H,5-6,11H2,(H2,12,15)(H2,13,16);1-4,10H,5H2,(H2,9,12);1-4H;3H,1-2H3;1H4. The van der Waals surface area contributed by atoms with E-state index in [4.69, 9.17) is 45.1 Å². The molecule has 4 rings (SSSR count). The van der Waals surface area contributed by atoms with Crippen LogP contribution in [0.25, 0.3) is 0 Å². The number of halogens is 1. The zero-order valence-corrected chi connectivity index (χ0v) is 42.7. The summed E-state index contributed by atoms with van der Waals surface area (Å²) in [6, 6.07) is 18.6. The Kier molecular flexibility index (Phi) is 28.8. The lowest BCUT2D eigenvalue weighted by Crippen LogP contribution is -2.43. The van der Waals surface area contributed by atoms with Crippen LogP contribution in [0.3, 0.4) is 0 Å². The number of primary amides is 5. The van der Waals surface area contributed by atoms with E-state index in [1.165, 1.54) is 59.5 Å². The van der Waals surface area contributed by atoms with E-state index >= 15 is 0 Å². The first kappa shape index (κ1) is 69.7.